The predicted octanol–water partition coefficient (Wildman–Crippen LogP) is 0.488. The molecule has 0 aliphatic rings. The lowest BCUT2D eigenvalue weighted by Crippen LogP contribution is -2.18. The molecule has 0 heterocycles. The zero-order valence-electron chi connectivity index (χ0n) is 7.25. The summed E-state index contributed by atoms with van der Waals surface area (Å²) in [5, 5.41) is 0. The highest BCUT2D eigenvalue weighted by Gasteiger charge is 2.10. The van der Waals surface area contributed by atoms with Gasteiger partial charge in [0.15, 0.2) is 5.78 Å². The van der Waals surface area contributed by atoms with Crippen molar-refractivity contribution in [1.82, 2.24) is 0 Å². The molecule has 0 atom stereocenters. The number of ether oxygens (including phenoxy) is 1. The fourth-order valence-corrected chi connectivity index (χ4v) is 0.599. The summed E-state index contributed by atoms with van der Waals surface area (Å²) in [6.45, 7) is 2.67. The summed E-state index contributed by atoms with van der Waals surface area (Å²) >= 11 is 0. The highest BCUT2D eigenvalue weighted by Crippen LogP contribution is 1.90. The molecule has 0 radical (unpaired) electrons. The number of esters is 1. The molecule has 4 nitrogen and oxygen atoms in total. The second kappa shape index (κ2) is 5.46. The molecule has 0 spiro atoms. The number of carbonyl (C=O) groups is 3. The van der Waals surface area contributed by atoms with E-state index in [2.05, 4.69) is 4.74 Å². The van der Waals surface area contributed by atoms with Crippen molar-refractivity contribution in [3.05, 3.63) is 0 Å². The van der Waals surface area contributed by atoms with Crippen LogP contribution in [0.3, 0.4) is 0 Å². The van der Waals surface area contributed by atoms with Gasteiger partial charge in [-0.05, 0) is 6.42 Å². The van der Waals surface area contributed by atoms with Crippen molar-refractivity contribution in [2.45, 2.75) is 26.7 Å². The molecule has 0 aromatic heterocycles. The normalized spacial score (nSPS) is 9.17. The van der Waals surface area contributed by atoms with Crippen molar-refractivity contribution >= 4 is 17.5 Å². The molecule has 68 valence electrons. The Labute approximate surface area is 70.9 Å². The predicted molar refractivity (Wildman–Crippen MR) is 41.6 cm³/mol. The van der Waals surface area contributed by atoms with Crippen LogP contribution in [0.1, 0.15) is 26.7 Å². The molecule has 0 amide bonds. The van der Waals surface area contributed by atoms with Crippen LogP contribution in [-0.4, -0.2) is 24.1 Å². The van der Waals surface area contributed by atoms with Crippen LogP contribution < -0.4 is 0 Å². The first-order valence-corrected chi connectivity index (χ1v) is 3.77. The maximum Gasteiger partial charge on any atom is 0.374 e. The molecule has 0 unspecified atom stereocenters. The lowest BCUT2D eigenvalue weighted by Gasteiger charge is -1.99. The summed E-state index contributed by atoms with van der Waals surface area (Å²) in [6.07, 6.45) is 1.10. The number of hydrogen-bond donors (Lipinski definition) is 0. The molecular formula is C8H12O4. The van der Waals surface area contributed by atoms with Gasteiger partial charge in [0.1, 0.15) is 6.61 Å². The van der Waals surface area contributed by atoms with Crippen LogP contribution >= 0.6 is 0 Å². The second-order valence-electron chi connectivity index (χ2n) is 2.42. The third-order valence-electron chi connectivity index (χ3n) is 1.18. The number of carbonyl (C=O) groups excluding carboxylic acids is 3. The average Bonchev–Trinajstić information content (AvgIpc) is 2.00. The molecular weight excluding hydrogens is 160 g/mol. The van der Waals surface area contributed by atoms with Gasteiger partial charge >= 0.3 is 5.97 Å². The largest absolute Gasteiger partial charge is 0.452 e. The summed E-state index contributed by atoms with van der Waals surface area (Å²) in [7, 11) is 0. The van der Waals surface area contributed by atoms with E-state index < -0.39 is 11.8 Å². The van der Waals surface area contributed by atoms with Gasteiger partial charge in [0.2, 0.25) is 5.78 Å². The summed E-state index contributed by atoms with van der Waals surface area (Å²) in [5.41, 5.74) is 0. The highest BCUT2D eigenvalue weighted by molar-refractivity contribution is 6.32. The van der Waals surface area contributed by atoms with Crippen molar-refractivity contribution in [2.24, 2.45) is 0 Å². The maximum absolute atomic E-state index is 10.8. The van der Waals surface area contributed by atoms with Gasteiger partial charge in [0, 0.05) is 13.3 Å². The van der Waals surface area contributed by atoms with Gasteiger partial charge in [-0.3, -0.25) is 9.59 Å². The smallest absolute Gasteiger partial charge is 0.374 e. The van der Waals surface area contributed by atoms with Gasteiger partial charge in [-0.2, -0.15) is 0 Å². The van der Waals surface area contributed by atoms with E-state index in [9.17, 15) is 14.4 Å². The van der Waals surface area contributed by atoms with E-state index in [0.717, 1.165) is 13.3 Å². The summed E-state index contributed by atoms with van der Waals surface area (Å²) in [5.74, 6) is -1.79. The Hall–Kier alpha value is -1.19. The van der Waals surface area contributed by atoms with E-state index in [0.29, 0.717) is 6.42 Å². The van der Waals surface area contributed by atoms with Crippen molar-refractivity contribution in [2.75, 3.05) is 6.61 Å². The summed E-state index contributed by atoms with van der Waals surface area (Å²) in [6, 6.07) is 0. The van der Waals surface area contributed by atoms with Crippen LogP contribution in [0.4, 0.5) is 0 Å². The van der Waals surface area contributed by atoms with Gasteiger partial charge in [-0.15, -0.1) is 0 Å². The van der Waals surface area contributed by atoms with Crippen molar-refractivity contribution in [3.8, 4) is 0 Å². The summed E-state index contributed by atoms with van der Waals surface area (Å²) in [4.78, 5) is 31.6. The minimum atomic E-state index is -0.945. The first-order valence-electron chi connectivity index (χ1n) is 3.77. The van der Waals surface area contributed by atoms with E-state index in [1.165, 1.54) is 0 Å². The first-order chi connectivity index (χ1) is 5.57. The molecule has 0 fully saturated rings. The van der Waals surface area contributed by atoms with Crippen molar-refractivity contribution in [3.63, 3.8) is 0 Å². The minimum Gasteiger partial charge on any atom is -0.452 e. The van der Waals surface area contributed by atoms with E-state index in [-0.39, 0.29) is 12.4 Å². The Balaban J connectivity index is 3.61. The molecule has 0 saturated heterocycles. The third-order valence-corrected chi connectivity index (χ3v) is 1.18. The van der Waals surface area contributed by atoms with Gasteiger partial charge in [0.05, 0.1) is 0 Å². The summed E-state index contributed by atoms with van der Waals surface area (Å²) < 4.78 is 4.38. The quantitative estimate of drug-likeness (QED) is 0.447. The van der Waals surface area contributed by atoms with E-state index in [1.807, 2.05) is 6.92 Å². The zero-order chi connectivity index (χ0) is 9.56. The molecule has 4 heteroatoms. The van der Waals surface area contributed by atoms with Gasteiger partial charge < -0.3 is 4.74 Å². The zero-order valence-corrected chi connectivity index (χ0v) is 7.25. The Kier molecular flexibility index (Phi) is 4.92. The van der Waals surface area contributed by atoms with E-state index in [1.54, 1.807) is 0 Å². The first kappa shape index (κ1) is 10.8. The molecule has 0 aromatic carbocycles. The molecule has 0 N–H and O–H groups in total. The number of rotatable bonds is 5. The van der Waals surface area contributed by atoms with E-state index in [4.69, 9.17) is 0 Å². The Morgan fingerprint density at radius 3 is 2.25 bits per heavy atom. The van der Waals surface area contributed by atoms with Gasteiger partial charge in [-0.1, -0.05) is 6.92 Å². The van der Waals surface area contributed by atoms with E-state index >= 15 is 0 Å². The average molecular weight is 172 g/mol. The lowest BCUT2D eigenvalue weighted by atomic mass is 10.2. The van der Waals surface area contributed by atoms with Gasteiger partial charge in [0.25, 0.3) is 0 Å². The number of Topliss-reactive ketones (excluding diaryl/α,β-unsaturated/α-hetero) is 2. The molecule has 0 rings (SSSR count). The third kappa shape index (κ3) is 4.60. The Morgan fingerprint density at radius 1 is 1.25 bits per heavy atom. The highest BCUT2D eigenvalue weighted by atomic mass is 16.5. The minimum absolute atomic E-state index is 0.160. The van der Waals surface area contributed by atoms with Crippen molar-refractivity contribution in [1.29, 1.82) is 0 Å². The Bertz CT molecular complexity index is 195. The fourth-order valence-electron chi connectivity index (χ4n) is 0.599. The molecule has 0 aromatic rings. The van der Waals surface area contributed by atoms with Gasteiger partial charge in [-0.25, -0.2) is 4.79 Å². The van der Waals surface area contributed by atoms with Crippen LogP contribution in [0.5, 0.6) is 0 Å². The molecule has 0 aliphatic carbocycles. The van der Waals surface area contributed by atoms with Crippen LogP contribution in [0.2, 0.25) is 0 Å². The van der Waals surface area contributed by atoms with Crippen LogP contribution in [0.25, 0.3) is 0 Å². The Morgan fingerprint density at radius 2 is 1.83 bits per heavy atom. The topological polar surface area (TPSA) is 60.4 Å². The van der Waals surface area contributed by atoms with Crippen LogP contribution in [0.15, 0.2) is 0 Å². The molecule has 0 saturated carbocycles. The maximum atomic E-state index is 10.8. The fraction of sp³-hybridized carbons (Fsp3) is 0.625. The lowest BCUT2D eigenvalue weighted by molar-refractivity contribution is -0.155. The van der Waals surface area contributed by atoms with Crippen molar-refractivity contribution < 1.29 is 19.1 Å². The second-order valence-corrected chi connectivity index (χ2v) is 2.42. The van der Waals surface area contributed by atoms with Crippen LogP contribution in [-0.2, 0) is 19.1 Å². The molecule has 12 heavy (non-hydrogen) atoms. The SMILES string of the molecule is CCCC(=O)COC(=O)C(C)=O. The molecule has 0 bridgehead atoms. The number of hydrogen-bond acceptors (Lipinski definition) is 4. The molecule has 0 aliphatic heterocycles. The standard InChI is InChI=1S/C8H12O4/c1-3-4-7(10)5-12-8(11)6(2)9/h3-5H2,1-2H3. The number of ketones is 2. The van der Waals surface area contributed by atoms with Crippen LogP contribution in [0, 0.1) is 0 Å². The monoisotopic (exact) mass is 172 g/mol.